The molecule has 18 heavy (non-hydrogen) atoms. The molecule has 0 amide bonds. The Balaban J connectivity index is 1.85. The summed E-state index contributed by atoms with van der Waals surface area (Å²) in [6.45, 7) is 5.81. The maximum atomic E-state index is 6.23. The van der Waals surface area contributed by atoms with Crippen LogP contribution in [0.15, 0.2) is 24.3 Å². The van der Waals surface area contributed by atoms with Crippen LogP contribution in [0, 0.1) is 0 Å². The Morgan fingerprint density at radius 1 is 1.22 bits per heavy atom. The lowest BCUT2D eigenvalue weighted by atomic mass is 9.86. The number of nitrogens with zero attached hydrogens (tertiary/aromatic N) is 1. The Labute approximate surface area is 110 Å². The van der Waals surface area contributed by atoms with Crippen molar-refractivity contribution in [1.29, 1.82) is 0 Å². The van der Waals surface area contributed by atoms with E-state index in [1.807, 2.05) is 0 Å². The highest BCUT2D eigenvalue weighted by molar-refractivity contribution is 5.40. The third-order valence-electron chi connectivity index (χ3n) is 4.81. The molecule has 0 spiro atoms. The van der Waals surface area contributed by atoms with Crippen LogP contribution >= 0.6 is 0 Å². The van der Waals surface area contributed by atoms with Gasteiger partial charge in [0.2, 0.25) is 0 Å². The highest BCUT2D eigenvalue weighted by Crippen LogP contribution is 2.51. The van der Waals surface area contributed by atoms with Crippen molar-refractivity contribution in [3.63, 3.8) is 0 Å². The van der Waals surface area contributed by atoms with Gasteiger partial charge in [-0.15, -0.1) is 0 Å². The molecule has 1 aliphatic carbocycles. The standard InChI is InChI=1S/C16H24N2/c1-13(17)16(8-9-16)15-7-3-2-6-14(15)12-18-10-4-5-11-18/h2-3,6-7,13H,4-5,8-12,17H2,1H3. The van der Waals surface area contributed by atoms with E-state index >= 15 is 0 Å². The normalized spacial score (nSPS) is 24.1. The monoisotopic (exact) mass is 244 g/mol. The van der Waals surface area contributed by atoms with Crippen LogP contribution in [0.3, 0.4) is 0 Å². The number of rotatable bonds is 4. The molecule has 0 radical (unpaired) electrons. The number of hydrogen-bond donors (Lipinski definition) is 1. The second-order valence-corrected chi connectivity index (χ2v) is 6.09. The van der Waals surface area contributed by atoms with Gasteiger partial charge in [-0.3, -0.25) is 4.90 Å². The number of likely N-dealkylation sites (tertiary alicyclic amines) is 1. The first-order valence-electron chi connectivity index (χ1n) is 7.29. The summed E-state index contributed by atoms with van der Waals surface area (Å²) < 4.78 is 0. The molecule has 3 rings (SSSR count). The Hall–Kier alpha value is -0.860. The van der Waals surface area contributed by atoms with Gasteiger partial charge in [0.25, 0.3) is 0 Å². The molecule has 1 unspecified atom stereocenters. The van der Waals surface area contributed by atoms with E-state index in [4.69, 9.17) is 5.73 Å². The van der Waals surface area contributed by atoms with E-state index in [-0.39, 0.29) is 11.5 Å². The van der Waals surface area contributed by atoms with Crippen LogP contribution in [0.1, 0.15) is 43.7 Å². The van der Waals surface area contributed by atoms with E-state index < -0.39 is 0 Å². The van der Waals surface area contributed by atoms with Gasteiger partial charge in [-0.1, -0.05) is 24.3 Å². The summed E-state index contributed by atoms with van der Waals surface area (Å²) in [7, 11) is 0. The molecule has 98 valence electrons. The van der Waals surface area contributed by atoms with Gasteiger partial charge in [0.15, 0.2) is 0 Å². The van der Waals surface area contributed by atoms with Crippen LogP contribution in [0.25, 0.3) is 0 Å². The van der Waals surface area contributed by atoms with Crippen molar-refractivity contribution < 1.29 is 0 Å². The maximum absolute atomic E-state index is 6.23. The highest BCUT2D eigenvalue weighted by atomic mass is 15.1. The second-order valence-electron chi connectivity index (χ2n) is 6.09. The molecule has 0 aromatic heterocycles. The number of nitrogens with two attached hydrogens (primary N) is 1. The molecule has 1 saturated carbocycles. The lowest BCUT2D eigenvalue weighted by Gasteiger charge is -2.25. The second kappa shape index (κ2) is 4.67. The molecular formula is C16H24N2. The smallest absolute Gasteiger partial charge is 0.0236 e. The van der Waals surface area contributed by atoms with Crippen molar-refractivity contribution in [2.45, 2.75) is 50.6 Å². The van der Waals surface area contributed by atoms with Gasteiger partial charge in [-0.05, 0) is 56.8 Å². The summed E-state index contributed by atoms with van der Waals surface area (Å²) >= 11 is 0. The van der Waals surface area contributed by atoms with Crippen LogP contribution < -0.4 is 5.73 Å². The Kier molecular flexibility index (Phi) is 3.16. The predicted molar refractivity (Wildman–Crippen MR) is 75.5 cm³/mol. The molecule has 2 fully saturated rings. The third kappa shape index (κ3) is 2.08. The van der Waals surface area contributed by atoms with Gasteiger partial charge in [-0.25, -0.2) is 0 Å². The van der Waals surface area contributed by atoms with E-state index in [1.54, 1.807) is 0 Å². The zero-order valence-electron chi connectivity index (χ0n) is 11.4. The number of hydrogen-bond acceptors (Lipinski definition) is 2. The lowest BCUT2D eigenvalue weighted by Crippen LogP contribution is -2.33. The molecule has 1 aliphatic heterocycles. The molecule has 1 heterocycles. The summed E-state index contributed by atoms with van der Waals surface area (Å²) in [4.78, 5) is 2.58. The van der Waals surface area contributed by atoms with Crippen LogP contribution in [-0.2, 0) is 12.0 Å². The molecule has 1 atom stereocenters. The summed E-state index contributed by atoms with van der Waals surface area (Å²) in [6.07, 6.45) is 5.25. The van der Waals surface area contributed by atoms with Crippen LogP contribution in [-0.4, -0.2) is 24.0 Å². The quantitative estimate of drug-likeness (QED) is 0.882. The van der Waals surface area contributed by atoms with Crippen molar-refractivity contribution in [3.8, 4) is 0 Å². The molecule has 1 saturated heterocycles. The summed E-state index contributed by atoms with van der Waals surface area (Å²) in [5.74, 6) is 0. The van der Waals surface area contributed by atoms with Crippen molar-refractivity contribution in [1.82, 2.24) is 4.90 Å². The molecule has 2 nitrogen and oxygen atoms in total. The fourth-order valence-corrected chi connectivity index (χ4v) is 3.43. The van der Waals surface area contributed by atoms with Crippen molar-refractivity contribution >= 4 is 0 Å². The largest absolute Gasteiger partial charge is 0.327 e. The van der Waals surface area contributed by atoms with Crippen molar-refractivity contribution in [3.05, 3.63) is 35.4 Å². The topological polar surface area (TPSA) is 29.3 Å². The van der Waals surface area contributed by atoms with Crippen LogP contribution in [0.4, 0.5) is 0 Å². The van der Waals surface area contributed by atoms with Crippen molar-refractivity contribution in [2.75, 3.05) is 13.1 Å². The van der Waals surface area contributed by atoms with E-state index in [0.29, 0.717) is 0 Å². The average molecular weight is 244 g/mol. The minimum Gasteiger partial charge on any atom is -0.327 e. The average Bonchev–Trinajstić information content (AvgIpc) is 3.03. The van der Waals surface area contributed by atoms with Gasteiger partial charge in [-0.2, -0.15) is 0 Å². The fraction of sp³-hybridized carbons (Fsp3) is 0.625. The molecule has 0 bridgehead atoms. The summed E-state index contributed by atoms with van der Waals surface area (Å²) in [5.41, 5.74) is 9.54. The van der Waals surface area contributed by atoms with Crippen LogP contribution in [0.2, 0.25) is 0 Å². The Morgan fingerprint density at radius 3 is 2.50 bits per heavy atom. The van der Waals surface area contributed by atoms with E-state index in [0.717, 1.165) is 6.54 Å². The molecule has 1 aromatic carbocycles. The number of benzene rings is 1. The molecule has 2 aliphatic rings. The van der Waals surface area contributed by atoms with Gasteiger partial charge in [0.05, 0.1) is 0 Å². The Morgan fingerprint density at radius 2 is 1.89 bits per heavy atom. The first-order valence-corrected chi connectivity index (χ1v) is 7.29. The molecular weight excluding hydrogens is 220 g/mol. The van der Waals surface area contributed by atoms with E-state index in [2.05, 4.69) is 36.1 Å². The summed E-state index contributed by atoms with van der Waals surface area (Å²) in [6, 6.07) is 9.23. The van der Waals surface area contributed by atoms with E-state index in [1.165, 1.54) is 49.9 Å². The first-order chi connectivity index (χ1) is 8.72. The maximum Gasteiger partial charge on any atom is 0.0236 e. The predicted octanol–water partition coefficient (Wildman–Crippen LogP) is 2.66. The SMILES string of the molecule is CC(N)C1(c2ccccc2CN2CCCC2)CC1. The minimum atomic E-state index is 0.275. The van der Waals surface area contributed by atoms with Gasteiger partial charge in [0, 0.05) is 18.0 Å². The lowest BCUT2D eigenvalue weighted by molar-refractivity contribution is 0.328. The van der Waals surface area contributed by atoms with Crippen LogP contribution in [0.5, 0.6) is 0 Å². The molecule has 2 N–H and O–H groups in total. The van der Waals surface area contributed by atoms with Gasteiger partial charge < -0.3 is 5.73 Å². The molecule has 1 aromatic rings. The third-order valence-corrected chi connectivity index (χ3v) is 4.81. The molecule has 2 heteroatoms. The van der Waals surface area contributed by atoms with Gasteiger partial charge >= 0.3 is 0 Å². The Bertz CT molecular complexity index is 415. The summed E-state index contributed by atoms with van der Waals surface area (Å²) in [5, 5.41) is 0. The van der Waals surface area contributed by atoms with Gasteiger partial charge in [0.1, 0.15) is 0 Å². The zero-order valence-corrected chi connectivity index (χ0v) is 11.4. The minimum absolute atomic E-state index is 0.275. The fourth-order valence-electron chi connectivity index (χ4n) is 3.43. The first kappa shape index (κ1) is 12.2. The highest BCUT2D eigenvalue weighted by Gasteiger charge is 2.48. The van der Waals surface area contributed by atoms with E-state index in [9.17, 15) is 0 Å². The zero-order chi connectivity index (χ0) is 12.6. The van der Waals surface area contributed by atoms with Crippen molar-refractivity contribution in [2.24, 2.45) is 5.73 Å².